The van der Waals surface area contributed by atoms with Gasteiger partial charge in [0.05, 0.1) is 5.70 Å². The van der Waals surface area contributed by atoms with E-state index in [1.807, 2.05) is 26.8 Å². The molecular formula is C15H19ClN2O2. The zero-order valence-electron chi connectivity index (χ0n) is 12.0. The van der Waals surface area contributed by atoms with Crippen molar-refractivity contribution in [3.8, 4) is 0 Å². The second kappa shape index (κ2) is 5.83. The summed E-state index contributed by atoms with van der Waals surface area (Å²) in [6, 6.07) is 0. The van der Waals surface area contributed by atoms with Crippen molar-refractivity contribution in [3.63, 3.8) is 0 Å². The lowest BCUT2D eigenvalue weighted by molar-refractivity contribution is 0.0384. The van der Waals surface area contributed by atoms with E-state index in [4.69, 9.17) is 16.3 Å². The molecule has 0 bridgehead atoms. The number of halogens is 1. The Labute approximate surface area is 124 Å². The van der Waals surface area contributed by atoms with E-state index in [9.17, 15) is 4.79 Å². The molecule has 4 nitrogen and oxygen atoms in total. The molecule has 5 heteroatoms. The molecule has 0 unspecified atom stereocenters. The fourth-order valence-corrected chi connectivity index (χ4v) is 2.13. The Morgan fingerprint density at radius 3 is 2.75 bits per heavy atom. The summed E-state index contributed by atoms with van der Waals surface area (Å²) in [6.07, 6.45) is 8.47. The number of allylic oxidation sites excluding steroid dienone is 3. The van der Waals surface area contributed by atoms with Crippen LogP contribution in [-0.2, 0) is 4.74 Å². The third-order valence-corrected chi connectivity index (χ3v) is 3.01. The van der Waals surface area contributed by atoms with Crippen LogP contribution in [0.5, 0.6) is 0 Å². The highest BCUT2D eigenvalue weighted by Crippen LogP contribution is 2.28. The van der Waals surface area contributed by atoms with Gasteiger partial charge in [0, 0.05) is 36.0 Å². The largest absolute Gasteiger partial charge is 0.443 e. The van der Waals surface area contributed by atoms with Gasteiger partial charge in [-0.1, -0.05) is 23.8 Å². The SMILES string of the molecule is CC(C)(C)OC(=O)N1C=C(Cl)CC=C1C1=CCCN=C1. The number of aliphatic imine (C=N–C) groups is 1. The Morgan fingerprint density at radius 1 is 1.40 bits per heavy atom. The number of ether oxygens (including phenoxy) is 1. The molecule has 0 saturated carbocycles. The van der Waals surface area contributed by atoms with Crippen LogP contribution >= 0.6 is 11.6 Å². The van der Waals surface area contributed by atoms with E-state index >= 15 is 0 Å². The summed E-state index contributed by atoms with van der Waals surface area (Å²) < 4.78 is 5.42. The van der Waals surface area contributed by atoms with E-state index in [-0.39, 0.29) is 0 Å². The van der Waals surface area contributed by atoms with Crippen LogP contribution < -0.4 is 0 Å². The van der Waals surface area contributed by atoms with E-state index in [0.717, 1.165) is 24.2 Å². The number of rotatable bonds is 1. The van der Waals surface area contributed by atoms with Gasteiger partial charge in [0.2, 0.25) is 0 Å². The molecule has 0 radical (unpaired) electrons. The monoisotopic (exact) mass is 294 g/mol. The third kappa shape index (κ3) is 3.73. The average Bonchev–Trinajstić information content (AvgIpc) is 2.37. The summed E-state index contributed by atoms with van der Waals surface area (Å²) in [5, 5.41) is 0.605. The number of nitrogens with zero attached hydrogens (tertiary/aromatic N) is 2. The van der Waals surface area contributed by atoms with Gasteiger partial charge in [0.25, 0.3) is 0 Å². The molecule has 20 heavy (non-hydrogen) atoms. The van der Waals surface area contributed by atoms with Gasteiger partial charge >= 0.3 is 6.09 Å². The molecule has 0 N–H and O–H groups in total. The molecule has 0 aliphatic carbocycles. The van der Waals surface area contributed by atoms with Crippen molar-refractivity contribution in [2.75, 3.05) is 6.54 Å². The molecule has 0 aromatic heterocycles. The maximum atomic E-state index is 12.3. The van der Waals surface area contributed by atoms with Gasteiger partial charge in [0.15, 0.2) is 0 Å². The molecule has 2 rings (SSSR count). The van der Waals surface area contributed by atoms with E-state index in [1.165, 1.54) is 4.90 Å². The maximum Gasteiger partial charge on any atom is 0.419 e. The summed E-state index contributed by atoms with van der Waals surface area (Å²) >= 11 is 6.04. The van der Waals surface area contributed by atoms with Crippen molar-refractivity contribution < 1.29 is 9.53 Å². The Kier molecular flexibility index (Phi) is 4.33. The van der Waals surface area contributed by atoms with Crippen LogP contribution in [-0.4, -0.2) is 29.4 Å². The fraction of sp³-hybridized carbons (Fsp3) is 0.467. The number of carbonyl (C=O) groups excluding carboxylic acids is 1. The zero-order chi connectivity index (χ0) is 14.8. The summed E-state index contributed by atoms with van der Waals surface area (Å²) in [6.45, 7) is 6.31. The smallest absolute Gasteiger partial charge is 0.419 e. The lowest BCUT2D eigenvalue weighted by Gasteiger charge is -2.29. The molecule has 0 aromatic rings. The molecule has 1 amide bonds. The molecule has 0 saturated heterocycles. The summed E-state index contributed by atoms with van der Waals surface area (Å²) in [4.78, 5) is 18.0. The highest BCUT2D eigenvalue weighted by atomic mass is 35.5. The average molecular weight is 295 g/mol. The van der Waals surface area contributed by atoms with Gasteiger partial charge in [0.1, 0.15) is 5.60 Å². The van der Waals surface area contributed by atoms with Crippen LogP contribution in [0.15, 0.2) is 39.6 Å². The minimum atomic E-state index is -0.547. The van der Waals surface area contributed by atoms with Crippen LogP contribution in [0.1, 0.15) is 33.6 Å². The maximum absolute atomic E-state index is 12.3. The number of hydrogen-bond acceptors (Lipinski definition) is 3. The van der Waals surface area contributed by atoms with Crippen molar-refractivity contribution in [1.29, 1.82) is 0 Å². The highest BCUT2D eigenvalue weighted by Gasteiger charge is 2.27. The molecule has 2 aliphatic rings. The predicted molar refractivity (Wildman–Crippen MR) is 80.8 cm³/mol. The Bertz CT molecular complexity index is 524. The number of hydrogen-bond donors (Lipinski definition) is 0. The quantitative estimate of drug-likeness (QED) is 0.734. The fourth-order valence-electron chi connectivity index (χ4n) is 1.95. The molecule has 108 valence electrons. The topological polar surface area (TPSA) is 41.9 Å². The minimum Gasteiger partial charge on any atom is -0.443 e. The van der Waals surface area contributed by atoms with Crippen molar-refractivity contribution in [3.05, 3.63) is 34.7 Å². The second-order valence-corrected chi connectivity index (χ2v) is 6.19. The van der Waals surface area contributed by atoms with E-state index in [2.05, 4.69) is 11.1 Å². The lowest BCUT2D eigenvalue weighted by atomic mass is 10.1. The minimum absolute atomic E-state index is 0.429. The molecule has 0 spiro atoms. The van der Waals surface area contributed by atoms with Gasteiger partial charge in [-0.3, -0.25) is 9.89 Å². The van der Waals surface area contributed by atoms with Crippen LogP contribution in [0, 0.1) is 0 Å². The van der Waals surface area contributed by atoms with Gasteiger partial charge in [-0.15, -0.1) is 0 Å². The molecule has 0 fully saturated rings. The first-order chi connectivity index (χ1) is 9.37. The van der Waals surface area contributed by atoms with E-state index in [0.29, 0.717) is 11.5 Å². The summed E-state index contributed by atoms with van der Waals surface area (Å²) in [5.74, 6) is 0. The highest BCUT2D eigenvalue weighted by molar-refractivity contribution is 6.29. The molecule has 0 aromatic carbocycles. The first kappa shape index (κ1) is 14.9. The van der Waals surface area contributed by atoms with Crippen LogP contribution in [0.2, 0.25) is 0 Å². The standard InChI is InChI=1S/C15H19ClN2O2/c1-15(2,3)20-14(19)18-10-12(16)6-7-13(18)11-5-4-8-17-9-11/h5,7,9-10H,4,6,8H2,1-3H3. The number of amides is 1. The summed E-state index contributed by atoms with van der Waals surface area (Å²) in [7, 11) is 0. The third-order valence-electron chi connectivity index (χ3n) is 2.76. The van der Waals surface area contributed by atoms with E-state index < -0.39 is 11.7 Å². The predicted octanol–water partition coefficient (Wildman–Crippen LogP) is 3.99. The van der Waals surface area contributed by atoms with Crippen molar-refractivity contribution >= 4 is 23.9 Å². The molecular weight excluding hydrogens is 276 g/mol. The normalized spacial score (nSPS) is 19.2. The molecule has 0 atom stereocenters. The first-order valence-electron chi connectivity index (χ1n) is 6.66. The summed E-state index contributed by atoms with van der Waals surface area (Å²) in [5.41, 5.74) is 1.17. The van der Waals surface area contributed by atoms with Crippen molar-refractivity contribution in [2.24, 2.45) is 4.99 Å². The number of dihydropyridines is 1. The Balaban J connectivity index is 2.24. The lowest BCUT2D eigenvalue weighted by Crippen LogP contribution is -2.35. The van der Waals surface area contributed by atoms with Gasteiger partial charge in [-0.05, 0) is 27.2 Å². The van der Waals surface area contributed by atoms with Gasteiger partial charge < -0.3 is 4.74 Å². The van der Waals surface area contributed by atoms with Crippen LogP contribution in [0.3, 0.4) is 0 Å². The van der Waals surface area contributed by atoms with Crippen molar-refractivity contribution in [2.45, 2.75) is 39.2 Å². The Morgan fingerprint density at radius 2 is 2.15 bits per heavy atom. The molecule has 2 aliphatic heterocycles. The Hall–Kier alpha value is -1.55. The van der Waals surface area contributed by atoms with Gasteiger partial charge in [-0.2, -0.15) is 0 Å². The second-order valence-electron chi connectivity index (χ2n) is 5.70. The van der Waals surface area contributed by atoms with Crippen LogP contribution in [0.25, 0.3) is 0 Å². The van der Waals surface area contributed by atoms with Crippen LogP contribution in [0.4, 0.5) is 4.79 Å². The van der Waals surface area contributed by atoms with Crippen molar-refractivity contribution in [1.82, 2.24) is 4.90 Å². The zero-order valence-corrected chi connectivity index (χ0v) is 12.8. The molecule has 2 heterocycles. The van der Waals surface area contributed by atoms with Gasteiger partial charge in [-0.25, -0.2) is 4.79 Å². The van der Waals surface area contributed by atoms with E-state index in [1.54, 1.807) is 12.4 Å². The number of carbonyl (C=O) groups is 1. The first-order valence-corrected chi connectivity index (χ1v) is 7.03.